The predicted octanol–water partition coefficient (Wildman–Crippen LogP) is 4.87. The van der Waals surface area contributed by atoms with Crippen LogP contribution in [-0.4, -0.2) is 34.0 Å². The average molecular weight is 396 g/mol. The standard InChI is InChI=1S/C22H25N3O2S/c1-15(2)16-7-9-17(10-8-16)21-23-22(27-24-21)18-5-3-11-25(14-18)20(26)13-19-6-4-12-28-19/h4,6-10,12,15,18H,3,5,11,13-14H2,1-2H3/t18-/m1/s1. The Morgan fingerprint density at radius 2 is 2.11 bits per heavy atom. The summed E-state index contributed by atoms with van der Waals surface area (Å²) in [7, 11) is 0. The van der Waals surface area contributed by atoms with Gasteiger partial charge in [-0.25, -0.2) is 0 Å². The van der Waals surface area contributed by atoms with E-state index in [1.807, 2.05) is 34.5 Å². The van der Waals surface area contributed by atoms with Crippen molar-refractivity contribution in [2.24, 2.45) is 0 Å². The van der Waals surface area contributed by atoms with Crippen LogP contribution in [0.5, 0.6) is 0 Å². The molecule has 1 amide bonds. The molecule has 3 aromatic rings. The zero-order valence-electron chi connectivity index (χ0n) is 16.3. The Morgan fingerprint density at radius 3 is 2.82 bits per heavy atom. The fourth-order valence-electron chi connectivity index (χ4n) is 3.61. The van der Waals surface area contributed by atoms with Crippen molar-refractivity contribution in [3.05, 3.63) is 58.1 Å². The van der Waals surface area contributed by atoms with Crippen molar-refractivity contribution in [3.8, 4) is 11.4 Å². The Hall–Kier alpha value is -2.47. The summed E-state index contributed by atoms with van der Waals surface area (Å²) < 4.78 is 5.57. The van der Waals surface area contributed by atoms with Crippen LogP contribution >= 0.6 is 11.3 Å². The maximum absolute atomic E-state index is 12.6. The SMILES string of the molecule is CC(C)c1ccc(-c2noc([C@@H]3CCCN(C(=O)Cc4cccs4)C3)n2)cc1. The van der Waals surface area contributed by atoms with Crippen molar-refractivity contribution in [1.29, 1.82) is 0 Å². The van der Waals surface area contributed by atoms with Gasteiger partial charge >= 0.3 is 0 Å². The highest BCUT2D eigenvalue weighted by Gasteiger charge is 2.28. The molecule has 3 heterocycles. The summed E-state index contributed by atoms with van der Waals surface area (Å²) >= 11 is 1.63. The summed E-state index contributed by atoms with van der Waals surface area (Å²) in [5, 5.41) is 6.19. The number of likely N-dealkylation sites (tertiary alicyclic amines) is 1. The van der Waals surface area contributed by atoms with E-state index in [9.17, 15) is 4.79 Å². The van der Waals surface area contributed by atoms with E-state index in [-0.39, 0.29) is 11.8 Å². The van der Waals surface area contributed by atoms with Crippen LogP contribution in [0.2, 0.25) is 0 Å². The van der Waals surface area contributed by atoms with Crippen molar-refractivity contribution < 1.29 is 9.32 Å². The molecule has 0 bridgehead atoms. The van der Waals surface area contributed by atoms with E-state index in [2.05, 4.69) is 36.1 Å². The van der Waals surface area contributed by atoms with Crippen LogP contribution in [0.25, 0.3) is 11.4 Å². The molecule has 2 aromatic heterocycles. The van der Waals surface area contributed by atoms with Gasteiger partial charge in [-0.05, 0) is 35.8 Å². The summed E-state index contributed by atoms with van der Waals surface area (Å²) in [4.78, 5) is 20.3. The lowest BCUT2D eigenvalue weighted by Crippen LogP contribution is -2.39. The normalized spacial score (nSPS) is 17.2. The number of aromatic nitrogens is 2. The second kappa shape index (κ2) is 8.27. The van der Waals surface area contributed by atoms with Gasteiger partial charge < -0.3 is 9.42 Å². The van der Waals surface area contributed by atoms with E-state index in [1.165, 1.54) is 5.56 Å². The second-order valence-corrected chi connectivity index (χ2v) is 8.70. The van der Waals surface area contributed by atoms with Crippen LogP contribution < -0.4 is 0 Å². The third-order valence-electron chi connectivity index (χ3n) is 5.31. The topological polar surface area (TPSA) is 59.2 Å². The highest BCUT2D eigenvalue weighted by Crippen LogP contribution is 2.28. The van der Waals surface area contributed by atoms with Crippen LogP contribution in [-0.2, 0) is 11.2 Å². The lowest BCUT2D eigenvalue weighted by molar-refractivity contribution is -0.131. The molecule has 28 heavy (non-hydrogen) atoms. The first-order valence-corrected chi connectivity index (χ1v) is 10.7. The monoisotopic (exact) mass is 395 g/mol. The smallest absolute Gasteiger partial charge is 0.231 e. The van der Waals surface area contributed by atoms with E-state index in [0.29, 0.717) is 30.6 Å². The zero-order valence-corrected chi connectivity index (χ0v) is 17.1. The lowest BCUT2D eigenvalue weighted by atomic mass is 9.97. The Labute approximate surface area is 169 Å². The fourth-order valence-corrected chi connectivity index (χ4v) is 4.31. The third kappa shape index (κ3) is 4.17. The van der Waals surface area contributed by atoms with Crippen LogP contribution in [0, 0.1) is 0 Å². The minimum Gasteiger partial charge on any atom is -0.342 e. The Balaban J connectivity index is 1.43. The van der Waals surface area contributed by atoms with E-state index >= 15 is 0 Å². The van der Waals surface area contributed by atoms with Crippen molar-refractivity contribution >= 4 is 17.2 Å². The lowest BCUT2D eigenvalue weighted by Gasteiger charge is -2.31. The molecular weight excluding hydrogens is 370 g/mol. The number of carbonyl (C=O) groups excluding carboxylic acids is 1. The number of benzene rings is 1. The van der Waals surface area contributed by atoms with E-state index in [4.69, 9.17) is 4.52 Å². The second-order valence-electron chi connectivity index (χ2n) is 7.67. The molecule has 5 nitrogen and oxygen atoms in total. The molecule has 1 fully saturated rings. The summed E-state index contributed by atoms with van der Waals surface area (Å²) in [5.41, 5.74) is 2.25. The predicted molar refractivity (Wildman–Crippen MR) is 110 cm³/mol. The first-order valence-electron chi connectivity index (χ1n) is 9.84. The largest absolute Gasteiger partial charge is 0.342 e. The maximum Gasteiger partial charge on any atom is 0.231 e. The molecule has 1 atom stereocenters. The Morgan fingerprint density at radius 1 is 1.29 bits per heavy atom. The first-order chi connectivity index (χ1) is 13.6. The van der Waals surface area contributed by atoms with Crippen molar-refractivity contribution in [1.82, 2.24) is 15.0 Å². The summed E-state index contributed by atoms with van der Waals surface area (Å²) in [6, 6.07) is 12.3. The molecule has 1 aliphatic rings. The molecule has 0 aliphatic carbocycles. The van der Waals surface area contributed by atoms with Gasteiger partial charge in [-0.1, -0.05) is 49.3 Å². The minimum absolute atomic E-state index is 0.109. The van der Waals surface area contributed by atoms with Crippen LogP contribution in [0.4, 0.5) is 0 Å². The molecule has 0 N–H and O–H groups in total. The number of hydrogen-bond donors (Lipinski definition) is 0. The highest BCUT2D eigenvalue weighted by molar-refractivity contribution is 7.10. The first kappa shape index (κ1) is 18.9. The van der Waals surface area contributed by atoms with E-state index in [0.717, 1.165) is 29.8 Å². The third-order valence-corrected chi connectivity index (χ3v) is 6.18. The molecule has 4 rings (SSSR count). The van der Waals surface area contributed by atoms with Gasteiger partial charge in [-0.2, -0.15) is 4.98 Å². The quantitative estimate of drug-likeness (QED) is 0.618. The number of carbonyl (C=O) groups is 1. The number of rotatable bonds is 5. The van der Waals surface area contributed by atoms with Gasteiger partial charge in [0.25, 0.3) is 0 Å². The van der Waals surface area contributed by atoms with Crippen molar-refractivity contribution in [2.75, 3.05) is 13.1 Å². The molecule has 0 radical (unpaired) electrons. The molecule has 0 spiro atoms. The molecule has 0 saturated carbocycles. The zero-order chi connectivity index (χ0) is 19.5. The Kier molecular flexibility index (Phi) is 5.57. The fraction of sp³-hybridized carbons (Fsp3) is 0.409. The molecular formula is C22H25N3O2S. The van der Waals surface area contributed by atoms with Gasteiger partial charge in [0, 0.05) is 23.5 Å². The minimum atomic E-state index is 0.109. The van der Waals surface area contributed by atoms with Gasteiger partial charge in [-0.3, -0.25) is 4.79 Å². The average Bonchev–Trinajstić information content (AvgIpc) is 3.40. The Bertz CT molecular complexity index is 916. The number of piperidine rings is 1. The van der Waals surface area contributed by atoms with Gasteiger partial charge in [0.05, 0.1) is 12.3 Å². The van der Waals surface area contributed by atoms with Crippen LogP contribution in [0.15, 0.2) is 46.3 Å². The van der Waals surface area contributed by atoms with Gasteiger partial charge in [0.1, 0.15) is 0 Å². The van der Waals surface area contributed by atoms with E-state index in [1.54, 1.807) is 11.3 Å². The van der Waals surface area contributed by atoms with E-state index < -0.39 is 0 Å². The van der Waals surface area contributed by atoms with Crippen molar-refractivity contribution in [3.63, 3.8) is 0 Å². The van der Waals surface area contributed by atoms with Crippen molar-refractivity contribution in [2.45, 2.75) is 44.9 Å². The summed E-state index contributed by atoms with van der Waals surface area (Å²) in [6.45, 7) is 5.81. The number of nitrogens with zero attached hydrogens (tertiary/aromatic N) is 3. The summed E-state index contributed by atoms with van der Waals surface area (Å²) in [5.74, 6) is 2.03. The molecule has 6 heteroatoms. The van der Waals surface area contributed by atoms with Gasteiger partial charge in [0.15, 0.2) is 0 Å². The maximum atomic E-state index is 12.6. The summed E-state index contributed by atoms with van der Waals surface area (Å²) in [6.07, 6.45) is 2.40. The van der Waals surface area contributed by atoms with Crippen LogP contribution in [0.3, 0.4) is 0 Å². The highest BCUT2D eigenvalue weighted by atomic mass is 32.1. The number of hydrogen-bond acceptors (Lipinski definition) is 5. The molecule has 1 aromatic carbocycles. The number of amides is 1. The molecule has 146 valence electrons. The molecule has 1 saturated heterocycles. The van der Waals surface area contributed by atoms with Gasteiger partial charge in [0.2, 0.25) is 17.6 Å². The van der Waals surface area contributed by atoms with Crippen LogP contribution in [0.1, 0.15) is 54.9 Å². The van der Waals surface area contributed by atoms with Gasteiger partial charge in [-0.15, -0.1) is 11.3 Å². The molecule has 0 unspecified atom stereocenters. The molecule has 1 aliphatic heterocycles. The number of thiophene rings is 1.